The quantitative estimate of drug-likeness (QED) is 0.847. The molecule has 5 heteroatoms. The van der Waals surface area contributed by atoms with E-state index in [-0.39, 0.29) is 6.61 Å². The summed E-state index contributed by atoms with van der Waals surface area (Å²) >= 11 is 0. The summed E-state index contributed by atoms with van der Waals surface area (Å²) < 4.78 is 5.49. The monoisotopic (exact) mass is 265 g/mol. The van der Waals surface area contributed by atoms with Gasteiger partial charge in [-0.1, -0.05) is 12.1 Å². The number of amides is 1. The Balaban J connectivity index is 2.65. The molecule has 1 aromatic rings. The van der Waals surface area contributed by atoms with E-state index in [0.717, 1.165) is 16.7 Å². The van der Waals surface area contributed by atoms with E-state index < -0.39 is 17.9 Å². The largest absolute Gasteiger partial charge is 0.483 e. The normalized spacial score (nSPS) is 11.8. The van der Waals surface area contributed by atoms with Crippen molar-refractivity contribution in [3.8, 4) is 5.75 Å². The molecular formula is C14H19NO4. The van der Waals surface area contributed by atoms with E-state index in [0.29, 0.717) is 5.75 Å². The maximum atomic E-state index is 11.5. The zero-order valence-corrected chi connectivity index (χ0v) is 11.6. The van der Waals surface area contributed by atoms with Gasteiger partial charge in [0.1, 0.15) is 11.8 Å². The number of ether oxygens (including phenoxy) is 1. The maximum Gasteiger partial charge on any atom is 0.325 e. The smallest absolute Gasteiger partial charge is 0.325 e. The fourth-order valence-electron chi connectivity index (χ4n) is 1.63. The molecule has 1 aromatic carbocycles. The second-order valence-electron chi connectivity index (χ2n) is 4.57. The van der Waals surface area contributed by atoms with Crippen molar-refractivity contribution in [1.29, 1.82) is 0 Å². The van der Waals surface area contributed by atoms with Crippen molar-refractivity contribution >= 4 is 11.9 Å². The number of carbonyl (C=O) groups is 2. The van der Waals surface area contributed by atoms with Crippen LogP contribution in [0, 0.1) is 20.8 Å². The van der Waals surface area contributed by atoms with E-state index in [1.54, 1.807) is 0 Å². The molecule has 0 saturated carbocycles. The topological polar surface area (TPSA) is 75.6 Å². The molecule has 0 heterocycles. The van der Waals surface area contributed by atoms with Gasteiger partial charge in [-0.2, -0.15) is 0 Å². The van der Waals surface area contributed by atoms with Gasteiger partial charge in [-0.25, -0.2) is 0 Å². The number of aryl methyl sites for hydroxylation is 2. The van der Waals surface area contributed by atoms with Crippen LogP contribution in [0.2, 0.25) is 0 Å². The Bertz CT molecular complexity index is 496. The lowest BCUT2D eigenvalue weighted by Gasteiger charge is -2.14. The summed E-state index contributed by atoms with van der Waals surface area (Å²) in [6, 6.07) is 3.00. The first-order chi connectivity index (χ1) is 8.82. The van der Waals surface area contributed by atoms with Crippen LogP contribution in [0.15, 0.2) is 12.1 Å². The molecule has 2 N–H and O–H groups in total. The first-order valence-corrected chi connectivity index (χ1v) is 6.04. The van der Waals surface area contributed by atoms with Crippen molar-refractivity contribution in [3.63, 3.8) is 0 Å². The Kier molecular flexibility index (Phi) is 4.92. The molecule has 0 aliphatic rings. The second-order valence-corrected chi connectivity index (χ2v) is 4.57. The summed E-state index contributed by atoms with van der Waals surface area (Å²) in [6.45, 7) is 7.01. The summed E-state index contributed by atoms with van der Waals surface area (Å²) in [5, 5.41) is 11.0. The number of hydrogen-bond donors (Lipinski definition) is 2. The lowest BCUT2D eigenvalue weighted by atomic mass is 10.1. The Morgan fingerprint density at radius 2 is 1.84 bits per heavy atom. The number of benzene rings is 1. The van der Waals surface area contributed by atoms with Gasteiger partial charge in [-0.15, -0.1) is 0 Å². The molecule has 0 radical (unpaired) electrons. The van der Waals surface area contributed by atoms with E-state index in [4.69, 9.17) is 9.84 Å². The molecule has 1 rings (SSSR count). The lowest BCUT2D eigenvalue weighted by Crippen LogP contribution is -2.40. The predicted molar refractivity (Wildman–Crippen MR) is 71.4 cm³/mol. The Morgan fingerprint density at radius 3 is 2.42 bits per heavy atom. The minimum atomic E-state index is -1.07. The van der Waals surface area contributed by atoms with Crippen LogP contribution in [0.25, 0.3) is 0 Å². The Labute approximate surface area is 112 Å². The van der Waals surface area contributed by atoms with Crippen LogP contribution in [-0.2, 0) is 9.59 Å². The molecule has 1 unspecified atom stereocenters. The SMILES string of the molecule is Cc1ccc(C)c(OCC(=O)NC(C)C(=O)O)c1C. The molecule has 1 amide bonds. The molecule has 0 aliphatic carbocycles. The fraction of sp³-hybridized carbons (Fsp3) is 0.429. The molecule has 0 saturated heterocycles. The van der Waals surface area contributed by atoms with Gasteiger partial charge >= 0.3 is 5.97 Å². The van der Waals surface area contributed by atoms with Crippen LogP contribution >= 0.6 is 0 Å². The third-order valence-electron chi connectivity index (χ3n) is 2.97. The van der Waals surface area contributed by atoms with Gasteiger partial charge in [-0.3, -0.25) is 9.59 Å². The van der Waals surface area contributed by atoms with Crippen LogP contribution in [0.3, 0.4) is 0 Å². The van der Waals surface area contributed by atoms with Crippen LogP contribution in [0.4, 0.5) is 0 Å². The molecular weight excluding hydrogens is 246 g/mol. The molecule has 0 bridgehead atoms. The molecule has 0 spiro atoms. The zero-order valence-electron chi connectivity index (χ0n) is 11.6. The first-order valence-electron chi connectivity index (χ1n) is 6.04. The predicted octanol–water partition coefficient (Wildman–Crippen LogP) is 1.58. The number of carbonyl (C=O) groups excluding carboxylic acids is 1. The van der Waals surface area contributed by atoms with Crippen LogP contribution in [0.1, 0.15) is 23.6 Å². The Morgan fingerprint density at radius 1 is 1.26 bits per heavy atom. The number of rotatable bonds is 5. The molecule has 1 atom stereocenters. The number of nitrogens with one attached hydrogen (secondary N) is 1. The fourth-order valence-corrected chi connectivity index (χ4v) is 1.63. The summed E-state index contributed by atoms with van der Waals surface area (Å²) in [6.07, 6.45) is 0. The van der Waals surface area contributed by atoms with E-state index in [1.165, 1.54) is 6.92 Å². The van der Waals surface area contributed by atoms with Crippen LogP contribution in [0.5, 0.6) is 5.75 Å². The van der Waals surface area contributed by atoms with E-state index >= 15 is 0 Å². The van der Waals surface area contributed by atoms with Gasteiger partial charge < -0.3 is 15.2 Å². The van der Waals surface area contributed by atoms with E-state index in [2.05, 4.69) is 5.32 Å². The number of aliphatic carboxylic acids is 1. The minimum absolute atomic E-state index is 0.192. The summed E-state index contributed by atoms with van der Waals surface area (Å²) in [7, 11) is 0. The second kappa shape index (κ2) is 6.22. The summed E-state index contributed by atoms with van der Waals surface area (Å²) in [5.41, 5.74) is 3.01. The average molecular weight is 265 g/mol. The van der Waals surface area contributed by atoms with Gasteiger partial charge in [0.25, 0.3) is 5.91 Å². The van der Waals surface area contributed by atoms with Crippen LogP contribution in [-0.4, -0.2) is 29.6 Å². The molecule has 0 aliphatic heterocycles. The van der Waals surface area contributed by atoms with Crippen molar-refractivity contribution in [3.05, 3.63) is 28.8 Å². The highest BCUT2D eigenvalue weighted by atomic mass is 16.5. The zero-order chi connectivity index (χ0) is 14.6. The third kappa shape index (κ3) is 3.98. The van der Waals surface area contributed by atoms with E-state index in [9.17, 15) is 9.59 Å². The highest BCUT2D eigenvalue weighted by molar-refractivity contribution is 5.84. The first kappa shape index (κ1) is 15.0. The molecule has 19 heavy (non-hydrogen) atoms. The molecule has 0 aromatic heterocycles. The average Bonchev–Trinajstić information content (AvgIpc) is 2.33. The highest BCUT2D eigenvalue weighted by Crippen LogP contribution is 2.25. The lowest BCUT2D eigenvalue weighted by molar-refractivity contribution is -0.141. The molecule has 0 fully saturated rings. The summed E-state index contributed by atoms with van der Waals surface area (Å²) in [5.74, 6) is -0.843. The van der Waals surface area contributed by atoms with Crippen molar-refractivity contribution in [2.45, 2.75) is 33.7 Å². The van der Waals surface area contributed by atoms with Crippen molar-refractivity contribution in [1.82, 2.24) is 5.32 Å². The van der Waals surface area contributed by atoms with Crippen molar-refractivity contribution < 1.29 is 19.4 Å². The highest BCUT2D eigenvalue weighted by Gasteiger charge is 2.15. The van der Waals surface area contributed by atoms with Gasteiger partial charge in [0, 0.05) is 0 Å². The molecule has 104 valence electrons. The van der Waals surface area contributed by atoms with Crippen LogP contribution < -0.4 is 10.1 Å². The number of carboxylic acids is 1. The number of hydrogen-bond acceptors (Lipinski definition) is 3. The van der Waals surface area contributed by atoms with E-state index in [1.807, 2.05) is 32.9 Å². The number of carboxylic acid groups (broad SMARTS) is 1. The van der Waals surface area contributed by atoms with Gasteiger partial charge in [0.15, 0.2) is 6.61 Å². The Hall–Kier alpha value is -2.04. The summed E-state index contributed by atoms with van der Waals surface area (Å²) in [4.78, 5) is 22.1. The standard InChI is InChI=1S/C14H19NO4/c1-8-5-6-9(2)13(10(8)3)19-7-12(16)15-11(4)14(17)18/h5-6,11H,7H2,1-4H3,(H,15,16)(H,17,18). The minimum Gasteiger partial charge on any atom is -0.483 e. The third-order valence-corrected chi connectivity index (χ3v) is 2.97. The van der Waals surface area contributed by atoms with Crippen molar-refractivity contribution in [2.24, 2.45) is 0 Å². The molecule has 5 nitrogen and oxygen atoms in total. The van der Waals surface area contributed by atoms with Gasteiger partial charge in [0.2, 0.25) is 0 Å². The van der Waals surface area contributed by atoms with Gasteiger partial charge in [0.05, 0.1) is 0 Å². The maximum absolute atomic E-state index is 11.5. The van der Waals surface area contributed by atoms with Crippen molar-refractivity contribution in [2.75, 3.05) is 6.61 Å². The van der Waals surface area contributed by atoms with Gasteiger partial charge in [-0.05, 0) is 44.4 Å².